The van der Waals surface area contributed by atoms with E-state index in [1.807, 2.05) is 24.3 Å². The molecule has 1 aliphatic carbocycles. The van der Waals surface area contributed by atoms with Crippen molar-refractivity contribution < 1.29 is 14.7 Å². The highest BCUT2D eigenvalue weighted by Gasteiger charge is 2.29. The van der Waals surface area contributed by atoms with E-state index in [1.165, 1.54) is 11.9 Å². The predicted molar refractivity (Wildman–Crippen MR) is 101 cm³/mol. The van der Waals surface area contributed by atoms with Crippen molar-refractivity contribution in [1.82, 2.24) is 14.7 Å². The maximum atomic E-state index is 11.7. The standard InChI is InChI=1S/C20H22N4O3/c1-13-10-16-17(11-13)24(22-18(16)19(21)25)15-8-5-7-14(12-15)6-3-4-9-23(2)20(26)27/h5,7-8,12-13H,4,9-11H2,1-2H3,(H2,21,25)(H,26,27)/t13-/m0/s1. The highest BCUT2D eigenvalue weighted by atomic mass is 16.4. The highest BCUT2D eigenvalue weighted by molar-refractivity contribution is 5.92. The Morgan fingerprint density at radius 1 is 1.41 bits per heavy atom. The lowest BCUT2D eigenvalue weighted by molar-refractivity contribution is 0.0994. The smallest absolute Gasteiger partial charge is 0.407 e. The van der Waals surface area contributed by atoms with E-state index in [4.69, 9.17) is 10.8 Å². The molecule has 1 aliphatic rings. The highest BCUT2D eigenvalue weighted by Crippen LogP contribution is 2.31. The van der Waals surface area contributed by atoms with E-state index >= 15 is 0 Å². The molecule has 1 heterocycles. The molecule has 1 atom stereocenters. The van der Waals surface area contributed by atoms with E-state index < -0.39 is 12.0 Å². The van der Waals surface area contributed by atoms with Crippen LogP contribution in [-0.4, -0.2) is 45.4 Å². The summed E-state index contributed by atoms with van der Waals surface area (Å²) in [5.41, 5.74) is 9.47. The summed E-state index contributed by atoms with van der Waals surface area (Å²) < 4.78 is 1.79. The molecule has 0 fully saturated rings. The molecule has 0 saturated heterocycles. The number of carbonyl (C=O) groups is 2. The van der Waals surface area contributed by atoms with Gasteiger partial charge in [-0.05, 0) is 37.0 Å². The van der Waals surface area contributed by atoms with Crippen molar-refractivity contribution in [3.8, 4) is 17.5 Å². The Balaban J connectivity index is 1.84. The quantitative estimate of drug-likeness (QED) is 0.809. The lowest BCUT2D eigenvalue weighted by Gasteiger charge is -2.09. The average molecular weight is 366 g/mol. The number of primary amides is 1. The summed E-state index contributed by atoms with van der Waals surface area (Å²) in [7, 11) is 1.51. The van der Waals surface area contributed by atoms with Gasteiger partial charge >= 0.3 is 6.09 Å². The summed E-state index contributed by atoms with van der Waals surface area (Å²) in [6.45, 7) is 2.50. The van der Waals surface area contributed by atoms with Crippen molar-refractivity contribution in [2.24, 2.45) is 11.7 Å². The minimum Gasteiger partial charge on any atom is -0.465 e. The molecule has 3 rings (SSSR count). The molecule has 0 aliphatic heterocycles. The van der Waals surface area contributed by atoms with Gasteiger partial charge in [-0.3, -0.25) is 4.79 Å². The van der Waals surface area contributed by atoms with E-state index in [-0.39, 0.29) is 0 Å². The molecule has 0 radical (unpaired) electrons. The maximum absolute atomic E-state index is 11.7. The second-order valence-electron chi connectivity index (χ2n) is 6.87. The van der Waals surface area contributed by atoms with Crippen molar-refractivity contribution in [2.75, 3.05) is 13.6 Å². The van der Waals surface area contributed by atoms with Gasteiger partial charge in [0.1, 0.15) is 0 Å². The van der Waals surface area contributed by atoms with Crippen LogP contribution in [0.15, 0.2) is 24.3 Å². The molecule has 27 heavy (non-hydrogen) atoms. The van der Waals surface area contributed by atoms with Crippen LogP contribution in [0.25, 0.3) is 5.69 Å². The van der Waals surface area contributed by atoms with Crippen molar-refractivity contribution in [3.63, 3.8) is 0 Å². The third-order valence-corrected chi connectivity index (χ3v) is 4.64. The molecular formula is C20H22N4O3. The van der Waals surface area contributed by atoms with Crippen molar-refractivity contribution in [2.45, 2.75) is 26.2 Å². The fraction of sp³-hybridized carbons (Fsp3) is 0.350. The van der Waals surface area contributed by atoms with Crippen LogP contribution >= 0.6 is 0 Å². The van der Waals surface area contributed by atoms with Gasteiger partial charge in [0.2, 0.25) is 0 Å². The Morgan fingerprint density at radius 2 is 2.19 bits per heavy atom. The zero-order chi connectivity index (χ0) is 19.6. The van der Waals surface area contributed by atoms with Crippen LogP contribution in [0.4, 0.5) is 4.79 Å². The first-order chi connectivity index (χ1) is 12.9. The van der Waals surface area contributed by atoms with Crippen LogP contribution in [0.1, 0.15) is 40.7 Å². The molecule has 0 unspecified atom stereocenters. The Labute approximate surface area is 157 Å². The van der Waals surface area contributed by atoms with Gasteiger partial charge in [-0.25, -0.2) is 9.48 Å². The van der Waals surface area contributed by atoms with Gasteiger partial charge in [-0.2, -0.15) is 5.10 Å². The average Bonchev–Trinajstić information content (AvgIpc) is 3.15. The van der Waals surface area contributed by atoms with Gasteiger partial charge in [0.15, 0.2) is 5.69 Å². The molecular weight excluding hydrogens is 344 g/mol. The predicted octanol–water partition coefficient (Wildman–Crippen LogP) is 2.06. The Hall–Kier alpha value is -3.27. The first-order valence-electron chi connectivity index (χ1n) is 8.80. The molecule has 7 heteroatoms. The van der Waals surface area contributed by atoms with E-state index in [1.54, 1.807) is 4.68 Å². The zero-order valence-electron chi connectivity index (χ0n) is 15.4. The number of carboxylic acid groups (broad SMARTS) is 1. The number of aromatic nitrogens is 2. The number of benzene rings is 1. The van der Waals surface area contributed by atoms with Crippen LogP contribution in [-0.2, 0) is 12.8 Å². The minimum atomic E-state index is -0.967. The Bertz CT molecular complexity index is 952. The maximum Gasteiger partial charge on any atom is 0.407 e. The SMILES string of the molecule is C[C@H]1Cc2c(C(N)=O)nn(-c3cccc(C#CCCN(C)C(=O)O)c3)c2C1. The summed E-state index contributed by atoms with van der Waals surface area (Å²) in [5, 5.41) is 13.3. The zero-order valence-corrected chi connectivity index (χ0v) is 15.4. The molecule has 0 spiro atoms. The summed E-state index contributed by atoms with van der Waals surface area (Å²) >= 11 is 0. The van der Waals surface area contributed by atoms with E-state index in [0.29, 0.717) is 24.6 Å². The van der Waals surface area contributed by atoms with Gasteiger partial charge in [0.05, 0.1) is 5.69 Å². The third-order valence-electron chi connectivity index (χ3n) is 4.64. The number of amides is 2. The summed E-state index contributed by atoms with van der Waals surface area (Å²) in [6.07, 6.45) is 1.15. The molecule has 1 aromatic carbocycles. The largest absolute Gasteiger partial charge is 0.465 e. The normalized spacial score (nSPS) is 15.0. The van der Waals surface area contributed by atoms with Crippen molar-refractivity contribution >= 4 is 12.0 Å². The molecule has 2 amide bonds. The number of hydrogen-bond acceptors (Lipinski definition) is 3. The molecule has 3 N–H and O–H groups in total. The fourth-order valence-corrected chi connectivity index (χ4v) is 3.27. The summed E-state index contributed by atoms with van der Waals surface area (Å²) in [5.74, 6) is 6.00. The van der Waals surface area contributed by atoms with Crippen molar-refractivity contribution in [1.29, 1.82) is 0 Å². The molecule has 140 valence electrons. The first-order valence-corrected chi connectivity index (χ1v) is 8.80. The number of nitrogens with zero attached hydrogens (tertiary/aromatic N) is 3. The lowest BCUT2D eigenvalue weighted by atomic mass is 10.1. The number of nitrogens with two attached hydrogens (primary N) is 1. The van der Waals surface area contributed by atoms with Gasteiger partial charge in [-0.1, -0.05) is 24.8 Å². The minimum absolute atomic E-state index is 0.350. The Kier molecular flexibility index (Phi) is 5.17. The number of rotatable bonds is 4. The first kappa shape index (κ1) is 18.5. The lowest BCUT2D eigenvalue weighted by Crippen LogP contribution is -2.25. The van der Waals surface area contributed by atoms with Crippen LogP contribution in [0.2, 0.25) is 0 Å². The molecule has 7 nitrogen and oxygen atoms in total. The van der Waals surface area contributed by atoms with Gasteiger partial charge in [0, 0.05) is 36.8 Å². The second-order valence-corrected chi connectivity index (χ2v) is 6.87. The van der Waals surface area contributed by atoms with E-state index in [2.05, 4.69) is 23.9 Å². The Morgan fingerprint density at radius 3 is 2.89 bits per heavy atom. The molecule has 1 aromatic heterocycles. The van der Waals surface area contributed by atoms with Gasteiger partial charge in [-0.15, -0.1) is 0 Å². The van der Waals surface area contributed by atoms with Gasteiger partial charge in [0.25, 0.3) is 5.91 Å². The molecule has 2 aromatic rings. The number of carbonyl (C=O) groups excluding carboxylic acids is 1. The summed E-state index contributed by atoms with van der Waals surface area (Å²) in [6, 6.07) is 7.61. The van der Waals surface area contributed by atoms with E-state index in [9.17, 15) is 9.59 Å². The van der Waals surface area contributed by atoms with Gasteiger partial charge < -0.3 is 15.7 Å². The van der Waals surface area contributed by atoms with E-state index in [0.717, 1.165) is 35.3 Å². The molecule has 0 saturated carbocycles. The third kappa shape index (κ3) is 3.95. The van der Waals surface area contributed by atoms with Crippen LogP contribution < -0.4 is 5.73 Å². The monoisotopic (exact) mass is 366 g/mol. The summed E-state index contributed by atoms with van der Waals surface area (Å²) in [4.78, 5) is 23.7. The number of fused-ring (bicyclic) bond motifs is 1. The molecule has 0 bridgehead atoms. The number of hydrogen-bond donors (Lipinski definition) is 2. The van der Waals surface area contributed by atoms with Crippen molar-refractivity contribution in [3.05, 3.63) is 46.8 Å². The fourth-order valence-electron chi connectivity index (χ4n) is 3.27. The van der Waals surface area contributed by atoms with Crippen LogP contribution in [0, 0.1) is 17.8 Å². The van der Waals surface area contributed by atoms with Crippen LogP contribution in [0.3, 0.4) is 0 Å². The van der Waals surface area contributed by atoms with Crippen LogP contribution in [0.5, 0.6) is 0 Å². The topological polar surface area (TPSA) is 101 Å². The second kappa shape index (κ2) is 7.54.